The number of hydrogen-bond acceptors (Lipinski definition) is 2. The van der Waals surface area contributed by atoms with Crippen molar-refractivity contribution in [1.29, 1.82) is 0 Å². The van der Waals surface area contributed by atoms with Crippen LogP contribution in [0.25, 0.3) is 10.1 Å². The van der Waals surface area contributed by atoms with Gasteiger partial charge in [-0.05, 0) is 50.9 Å². The van der Waals surface area contributed by atoms with Crippen LogP contribution in [0.15, 0.2) is 36.4 Å². The molecule has 116 valence electrons. The Morgan fingerprint density at radius 2 is 2.09 bits per heavy atom. The van der Waals surface area contributed by atoms with Gasteiger partial charge in [-0.1, -0.05) is 36.1 Å². The van der Waals surface area contributed by atoms with Crippen LogP contribution in [-0.2, 0) is 6.54 Å². The van der Waals surface area contributed by atoms with Gasteiger partial charge in [-0.15, -0.1) is 11.3 Å². The second-order valence-electron chi connectivity index (χ2n) is 6.50. The van der Waals surface area contributed by atoms with E-state index in [1.165, 1.54) is 16.9 Å². The lowest BCUT2D eigenvalue weighted by molar-refractivity contribution is 0.365. The van der Waals surface area contributed by atoms with Crippen LogP contribution in [0.5, 0.6) is 0 Å². The Kier molecular flexibility index (Phi) is 5.39. The van der Waals surface area contributed by atoms with Crippen molar-refractivity contribution in [1.82, 2.24) is 4.90 Å². The number of thiophene rings is 1. The van der Waals surface area contributed by atoms with E-state index in [9.17, 15) is 4.39 Å². The Hall–Kier alpha value is -1.63. The number of allylic oxidation sites excluding steroid dienone is 1. The van der Waals surface area contributed by atoms with Gasteiger partial charge < -0.3 is 0 Å². The van der Waals surface area contributed by atoms with Crippen LogP contribution in [-0.4, -0.2) is 18.5 Å². The molecule has 0 amide bonds. The van der Waals surface area contributed by atoms with Crippen LogP contribution in [0.4, 0.5) is 4.39 Å². The van der Waals surface area contributed by atoms with E-state index in [0.717, 1.165) is 23.2 Å². The number of fused-ring (bicyclic) bond motifs is 1. The maximum Gasteiger partial charge on any atom is 0.177 e. The summed E-state index contributed by atoms with van der Waals surface area (Å²) in [6, 6.07) is 7.62. The van der Waals surface area contributed by atoms with Gasteiger partial charge in [0, 0.05) is 23.2 Å². The molecule has 0 aliphatic heterocycles. The van der Waals surface area contributed by atoms with E-state index in [4.69, 9.17) is 0 Å². The summed E-state index contributed by atoms with van der Waals surface area (Å²) in [6.07, 6.45) is 3.97. The molecule has 0 spiro atoms. The summed E-state index contributed by atoms with van der Waals surface area (Å²) < 4.78 is 14.4. The second-order valence-corrected chi connectivity index (χ2v) is 7.51. The maximum atomic E-state index is 13.4. The lowest BCUT2D eigenvalue weighted by atomic mass is 9.98. The molecule has 0 aliphatic rings. The van der Waals surface area contributed by atoms with E-state index in [-0.39, 0.29) is 10.5 Å². The van der Waals surface area contributed by atoms with E-state index >= 15 is 0 Å². The van der Waals surface area contributed by atoms with Crippen molar-refractivity contribution in [2.24, 2.45) is 5.41 Å². The minimum absolute atomic E-state index is 0.0368. The Balaban J connectivity index is 1.97. The van der Waals surface area contributed by atoms with E-state index in [2.05, 4.69) is 56.7 Å². The number of nitrogens with zero attached hydrogens (tertiary/aromatic N) is 1. The Morgan fingerprint density at radius 1 is 1.32 bits per heavy atom. The first-order valence-electron chi connectivity index (χ1n) is 7.38. The number of hydrogen-bond donors (Lipinski definition) is 0. The summed E-state index contributed by atoms with van der Waals surface area (Å²) in [5, 5.41) is 0.863. The van der Waals surface area contributed by atoms with E-state index in [0.29, 0.717) is 0 Å². The summed E-state index contributed by atoms with van der Waals surface area (Å²) in [5.74, 6) is 6.25. The van der Waals surface area contributed by atoms with Gasteiger partial charge in [0.1, 0.15) is 0 Å². The molecule has 1 aromatic carbocycles. The lowest BCUT2D eigenvalue weighted by Crippen LogP contribution is -2.17. The zero-order valence-electron chi connectivity index (χ0n) is 13.6. The Morgan fingerprint density at radius 3 is 2.82 bits per heavy atom. The standard InChI is InChI=1S/C19H22FNS/c1-19(2,3)11-6-5-7-12-21(4)14-16-10-8-9-15-13-17(20)22-18(15)16/h5,7-10,13H,12,14H2,1-4H3/b7-5+. The zero-order valence-corrected chi connectivity index (χ0v) is 14.4. The fourth-order valence-corrected chi connectivity index (χ4v) is 3.01. The third-order valence-corrected chi connectivity index (χ3v) is 4.12. The van der Waals surface area contributed by atoms with Crippen molar-refractivity contribution >= 4 is 21.4 Å². The predicted molar refractivity (Wildman–Crippen MR) is 94.5 cm³/mol. The summed E-state index contributed by atoms with van der Waals surface area (Å²) in [6.45, 7) is 7.92. The van der Waals surface area contributed by atoms with Crippen LogP contribution < -0.4 is 0 Å². The first-order valence-corrected chi connectivity index (χ1v) is 8.20. The van der Waals surface area contributed by atoms with Crippen LogP contribution in [0.3, 0.4) is 0 Å². The van der Waals surface area contributed by atoms with Gasteiger partial charge in [0.05, 0.1) is 0 Å². The molecule has 22 heavy (non-hydrogen) atoms. The molecule has 1 heterocycles. The first kappa shape index (κ1) is 16.7. The normalized spacial score (nSPS) is 12.1. The van der Waals surface area contributed by atoms with Crippen molar-refractivity contribution < 1.29 is 4.39 Å². The molecule has 2 aromatic rings. The predicted octanol–water partition coefficient (Wildman–Crippen LogP) is 5.08. The smallest absolute Gasteiger partial charge is 0.177 e. The van der Waals surface area contributed by atoms with Gasteiger partial charge in [-0.3, -0.25) is 4.90 Å². The molecule has 1 nitrogen and oxygen atoms in total. The van der Waals surface area contributed by atoms with Gasteiger partial charge in [-0.25, -0.2) is 0 Å². The second kappa shape index (κ2) is 7.09. The summed E-state index contributed by atoms with van der Waals surface area (Å²) in [4.78, 5) is 2.20. The monoisotopic (exact) mass is 315 g/mol. The van der Waals surface area contributed by atoms with Crippen LogP contribution >= 0.6 is 11.3 Å². The third-order valence-electron chi connectivity index (χ3n) is 3.10. The minimum atomic E-state index is -0.123. The fourth-order valence-electron chi connectivity index (χ4n) is 2.12. The molecule has 0 saturated carbocycles. The van der Waals surface area contributed by atoms with Gasteiger partial charge in [0.2, 0.25) is 0 Å². The van der Waals surface area contributed by atoms with Crippen LogP contribution in [0.1, 0.15) is 26.3 Å². The molecule has 0 bridgehead atoms. The molecule has 0 atom stereocenters. The SMILES string of the molecule is CN(C/C=C/C#CC(C)(C)C)Cc1cccc2cc(F)sc12. The average molecular weight is 315 g/mol. The molecule has 0 aliphatic carbocycles. The number of rotatable bonds is 4. The van der Waals surface area contributed by atoms with Crippen molar-refractivity contribution in [2.45, 2.75) is 27.3 Å². The molecule has 2 rings (SSSR count). The summed E-state index contributed by atoms with van der Waals surface area (Å²) in [5.41, 5.74) is 1.21. The highest BCUT2D eigenvalue weighted by Gasteiger charge is 2.07. The van der Waals surface area contributed by atoms with Gasteiger partial charge in [0.15, 0.2) is 5.13 Å². The molecule has 1 aromatic heterocycles. The molecule has 3 heteroatoms. The highest BCUT2D eigenvalue weighted by molar-refractivity contribution is 7.17. The van der Waals surface area contributed by atoms with E-state index in [1.54, 1.807) is 6.07 Å². The lowest BCUT2D eigenvalue weighted by Gasteiger charge is -2.14. The number of likely N-dealkylation sites (N-methyl/N-ethyl adjacent to an activating group) is 1. The number of halogens is 1. The van der Waals surface area contributed by atoms with Crippen LogP contribution in [0.2, 0.25) is 0 Å². The number of benzene rings is 1. The van der Waals surface area contributed by atoms with E-state index in [1.807, 2.05) is 18.2 Å². The van der Waals surface area contributed by atoms with Crippen molar-refractivity contribution in [3.05, 3.63) is 47.1 Å². The van der Waals surface area contributed by atoms with Crippen molar-refractivity contribution in [3.8, 4) is 11.8 Å². The summed E-state index contributed by atoms with van der Waals surface area (Å²) >= 11 is 1.22. The van der Waals surface area contributed by atoms with Gasteiger partial charge >= 0.3 is 0 Å². The van der Waals surface area contributed by atoms with Crippen molar-refractivity contribution in [2.75, 3.05) is 13.6 Å². The van der Waals surface area contributed by atoms with Gasteiger partial charge in [0.25, 0.3) is 0 Å². The van der Waals surface area contributed by atoms with Gasteiger partial charge in [-0.2, -0.15) is 4.39 Å². The Bertz CT molecular complexity index is 725. The Labute approximate surface area is 136 Å². The minimum Gasteiger partial charge on any atom is -0.298 e. The summed E-state index contributed by atoms with van der Waals surface area (Å²) in [7, 11) is 2.06. The first-order chi connectivity index (χ1) is 10.3. The third kappa shape index (κ3) is 4.98. The molecule has 0 saturated heterocycles. The van der Waals surface area contributed by atoms with E-state index < -0.39 is 0 Å². The fraction of sp³-hybridized carbons (Fsp3) is 0.368. The molecule has 0 radical (unpaired) electrons. The molecule has 0 fully saturated rings. The molecule has 0 unspecified atom stereocenters. The maximum absolute atomic E-state index is 13.4. The highest BCUT2D eigenvalue weighted by Crippen LogP contribution is 2.28. The zero-order chi connectivity index (χ0) is 16.2. The molecule has 0 N–H and O–H groups in total. The van der Waals surface area contributed by atoms with Crippen LogP contribution in [0, 0.1) is 22.4 Å². The quantitative estimate of drug-likeness (QED) is 0.711. The highest BCUT2D eigenvalue weighted by atomic mass is 32.1. The largest absolute Gasteiger partial charge is 0.298 e. The molecular formula is C19H22FNS. The molecular weight excluding hydrogens is 293 g/mol. The topological polar surface area (TPSA) is 3.24 Å². The average Bonchev–Trinajstić information content (AvgIpc) is 2.78. The van der Waals surface area contributed by atoms with Crippen molar-refractivity contribution in [3.63, 3.8) is 0 Å².